The number of nitro groups is 1. The minimum absolute atomic E-state index is 0.149. The van der Waals surface area contributed by atoms with Crippen LogP contribution >= 0.6 is 0 Å². The second kappa shape index (κ2) is 4.84. The first-order valence-corrected chi connectivity index (χ1v) is 6.08. The van der Waals surface area contributed by atoms with E-state index in [1.165, 1.54) is 12.8 Å². The Labute approximate surface area is 101 Å². The summed E-state index contributed by atoms with van der Waals surface area (Å²) in [5.74, 6) is 0.815. The van der Waals surface area contributed by atoms with E-state index in [2.05, 4.69) is 19.2 Å². The van der Waals surface area contributed by atoms with Gasteiger partial charge in [0.05, 0.1) is 4.92 Å². The summed E-state index contributed by atoms with van der Waals surface area (Å²) in [6.45, 7) is 4.31. The summed E-state index contributed by atoms with van der Waals surface area (Å²) in [6.07, 6.45) is 2.64. The molecule has 2 atom stereocenters. The Morgan fingerprint density at radius 3 is 2.35 bits per heavy atom. The molecule has 0 radical (unpaired) electrons. The third-order valence-electron chi connectivity index (χ3n) is 3.45. The maximum Gasteiger partial charge on any atom is 0.269 e. The van der Waals surface area contributed by atoms with Gasteiger partial charge in [-0.15, -0.1) is 0 Å². The fraction of sp³-hybridized carbons (Fsp3) is 0.538. The zero-order valence-corrected chi connectivity index (χ0v) is 10.2. The van der Waals surface area contributed by atoms with Crippen molar-refractivity contribution in [3.63, 3.8) is 0 Å². The number of nitrogens with one attached hydrogen (secondary N) is 1. The number of nitrogens with zero attached hydrogens (tertiary/aromatic N) is 1. The number of non-ortho nitro benzene ring substituents is 1. The topological polar surface area (TPSA) is 55.2 Å². The van der Waals surface area contributed by atoms with E-state index >= 15 is 0 Å². The van der Waals surface area contributed by atoms with E-state index in [9.17, 15) is 10.1 Å². The van der Waals surface area contributed by atoms with E-state index in [0.29, 0.717) is 6.04 Å². The highest BCUT2D eigenvalue weighted by Gasteiger charge is 2.28. The molecule has 0 aromatic heterocycles. The molecule has 1 fully saturated rings. The lowest BCUT2D eigenvalue weighted by Crippen LogP contribution is -2.30. The molecule has 1 aromatic carbocycles. The summed E-state index contributed by atoms with van der Waals surface area (Å²) in [5, 5.41) is 14.1. The summed E-state index contributed by atoms with van der Waals surface area (Å²) < 4.78 is 0. The third kappa shape index (κ3) is 3.03. The summed E-state index contributed by atoms with van der Waals surface area (Å²) in [5.41, 5.74) is 1.25. The minimum atomic E-state index is -0.366. The molecule has 1 saturated carbocycles. The van der Waals surface area contributed by atoms with Gasteiger partial charge in [-0.3, -0.25) is 10.1 Å². The Balaban J connectivity index is 1.98. The Morgan fingerprint density at radius 1 is 1.29 bits per heavy atom. The van der Waals surface area contributed by atoms with Crippen LogP contribution in [0.5, 0.6) is 0 Å². The molecule has 4 heteroatoms. The number of hydrogen-bond acceptors (Lipinski definition) is 3. The normalized spacial score (nSPS) is 18.7. The summed E-state index contributed by atoms with van der Waals surface area (Å²) in [6, 6.07) is 7.56. The molecule has 4 nitrogen and oxygen atoms in total. The molecule has 0 amide bonds. The summed E-state index contributed by atoms with van der Waals surface area (Å²) >= 11 is 0. The Morgan fingerprint density at radius 2 is 1.88 bits per heavy atom. The van der Waals surface area contributed by atoms with Crippen LogP contribution < -0.4 is 5.32 Å². The van der Waals surface area contributed by atoms with E-state index in [1.54, 1.807) is 12.1 Å². The van der Waals surface area contributed by atoms with Gasteiger partial charge in [-0.2, -0.15) is 0 Å². The molecule has 1 aromatic rings. The van der Waals surface area contributed by atoms with Crippen molar-refractivity contribution in [3.05, 3.63) is 39.9 Å². The van der Waals surface area contributed by atoms with Gasteiger partial charge >= 0.3 is 0 Å². The predicted octanol–water partition coefficient (Wildman–Crippen LogP) is 3.04. The fourth-order valence-electron chi connectivity index (χ4n) is 2.11. The number of nitro benzene ring substituents is 1. The van der Waals surface area contributed by atoms with Gasteiger partial charge < -0.3 is 5.32 Å². The van der Waals surface area contributed by atoms with Crippen molar-refractivity contribution in [3.8, 4) is 0 Å². The van der Waals surface area contributed by atoms with Gasteiger partial charge in [0.15, 0.2) is 0 Å². The van der Waals surface area contributed by atoms with Gasteiger partial charge in [-0.05, 0) is 38.2 Å². The average Bonchev–Trinajstić information content (AvgIpc) is 3.12. The lowest BCUT2D eigenvalue weighted by atomic mass is 10.1. The largest absolute Gasteiger partial charge is 0.307 e. The van der Waals surface area contributed by atoms with Crippen LogP contribution in [0.4, 0.5) is 5.69 Å². The number of hydrogen-bond donors (Lipinski definition) is 1. The SMILES string of the molecule is CC(NC(C)C1CC1)c1ccc([N+](=O)[O-])cc1. The maximum atomic E-state index is 10.5. The Bertz CT molecular complexity index is 398. The van der Waals surface area contributed by atoms with Crippen LogP contribution in [-0.4, -0.2) is 11.0 Å². The van der Waals surface area contributed by atoms with E-state index < -0.39 is 0 Å². The van der Waals surface area contributed by atoms with Gasteiger partial charge in [0, 0.05) is 24.2 Å². The molecule has 1 N–H and O–H groups in total. The average molecular weight is 234 g/mol. The second-order valence-corrected chi connectivity index (χ2v) is 4.86. The van der Waals surface area contributed by atoms with E-state index in [1.807, 2.05) is 12.1 Å². The molecule has 0 aliphatic heterocycles. The Hall–Kier alpha value is -1.42. The van der Waals surface area contributed by atoms with Crippen molar-refractivity contribution in [1.82, 2.24) is 5.32 Å². The number of rotatable bonds is 5. The molecule has 0 heterocycles. The second-order valence-electron chi connectivity index (χ2n) is 4.86. The summed E-state index contributed by atoms with van der Waals surface area (Å²) in [4.78, 5) is 10.2. The van der Waals surface area contributed by atoms with Crippen LogP contribution in [0.3, 0.4) is 0 Å². The van der Waals surface area contributed by atoms with E-state index in [-0.39, 0.29) is 16.7 Å². The van der Waals surface area contributed by atoms with Crippen molar-refractivity contribution in [2.75, 3.05) is 0 Å². The number of benzene rings is 1. The van der Waals surface area contributed by atoms with Crippen molar-refractivity contribution in [2.24, 2.45) is 5.92 Å². The molecule has 0 bridgehead atoms. The van der Waals surface area contributed by atoms with E-state index in [0.717, 1.165) is 11.5 Å². The molecular weight excluding hydrogens is 216 g/mol. The molecule has 0 spiro atoms. The highest BCUT2D eigenvalue weighted by molar-refractivity contribution is 5.34. The molecule has 1 aliphatic carbocycles. The molecule has 2 unspecified atom stereocenters. The zero-order chi connectivity index (χ0) is 12.4. The van der Waals surface area contributed by atoms with Crippen molar-refractivity contribution >= 4 is 5.69 Å². The quantitative estimate of drug-likeness (QED) is 0.629. The van der Waals surface area contributed by atoms with E-state index in [4.69, 9.17) is 0 Å². The van der Waals surface area contributed by atoms with Crippen LogP contribution in [0.25, 0.3) is 0 Å². The van der Waals surface area contributed by atoms with Gasteiger partial charge in [-0.1, -0.05) is 12.1 Å². The van der Waals surface area contributed by atoms with Crippen molar-refractivity contribution in [1.29, 1.82) is 0 Å². The van der Waals surface area contributed by atoms with Gasteiger partial charge in [-0.25, -0.2) is 0 Å². The van der Waals surface area contributed by atoms with Crippen LogP contribution in [0.2, 0.25) is 0 Å². The van der Waals surface area contributed by atoms with Crippen LogP contribution in [0, 0.1) is 16.0 Å². The minimum Gasteiger partial charge on any atom is -0.307 e. The standard InChI is InChI=1S/C13H18N2O2/c1-9(11-3-4-11)14-10(2)12-5-7-13(8-6-12)15(16)17/h5-11,14H,3-4H2,1-2H3. The predicted molar refractivity (Wildman–Crippen MR) is 66.8 cm³/mol. The van der Waals surface area contributed by atoms with Crippen LogP contribution in [-0.2, 0) is 0 Å². The molecule has 1 aliphatic rings. The monoisotopic (exact) mass is 234 g/mol. The highest BCUT2D eigenvalue weighted by atomic mass is 16.6. The smallest absolute Gasteiger partial charge is 0.269 e. The highest BCUT2D eigenvalue weighted by Crippen LogP contribution is 2.33. The fourth-order valence-corrected chi connectivity index (χ4v) is 2.11. The maximum absolute atomic E-state index is 10.5. The van der Waals surface area contributed by atoms with Gasteiger partial charge in [0.25, 0.3) is 5.69 Å². The van der Waals surface area contributed by atoms with Crippen LogP contribution in [0.15, 0.2) is 24.3 Å². The molecule has 0 saturated heterocycles. The van der Waals surface area contributed by atoms with Gasteiger partial charge in [0.1, 0.15) is 0 Å². The van der Waals surface area contributed by atoms with Crippen molar-refractivity contribution < 1.29 is 4.92 Å². The molecule has 17 heavy (non-hydrogen) atoms. The molecular formula is C13H18N2O2. The first-order chi connectivity index (χ1) is 8.08. The summed E-state index contributed by atoms with van der Waals surface area (Å²) in [7, 11) is 0. The first-order valence-electron chi connectivity index (χ1n) is 6.08. The zero-order valence-electron chi connectivity index (χ0n) is 10.2. The molecule has 92 valence electrons. The molecule has 2 rings (SSSR count). The first kappa shape index (κ1) is 12.0. The lowest BCUT2D eigenvalue weighted by Gasteiger charge is -2.19. The van der Waals surface area contributed by atoms with Crippen LogP contribution in [0.1, 0.15) is 38.3 Å². The third-order valence-corrected chi connectivity index (χ3v) is 3.45. The Kier molecular flexibility index (Phi) is 3.43. The lowest BCUT2D eigenvalue weighted by molar-refractivity contribution is -0.384. The van der Waals surface area contributed by atoms with Gasteiger partial charge in [0.2, 0.25) is 0 Å². The van der Waals surface area contributed by atoms with Crippen molar-refractivity contribution in [2.45, 2.75) is 38.8 Å².